The van der Waals surface area contributed by atoms with Crippen LogP contribution in [-0.4, -0.2) is 24.2 Å². The van der Waals surface area contributed by atoms with Gasteiger partial charge in [-0.2, -0.15) is 13.2 Å². The predicted molar refractivity (Wildman–Crippen MR) is 98.3 cm³/mol. The van der Waals surface area contributed by atoms with Crippen LogP contribution in [0, 0.1) is 0 Å². The van der Waals surface area contributed by atoms with Crippen LogP contribution in [-0.2, 0) is 20.5 Å². The zero-order valence-corrected chi connectivity index (χ0v) is 15.3. The molecule has 1 atom stereocenters. The van der Waals surface area contributed by atoms with Gasteiger partial charge in [-0.25, -0.2) is 0 Å². The lowest BCUT2D eigenvalue weighted by Crippen LogP contribution is -2.21. The summed E-state index contributed by atoms with van der Waals surface area (Å²) in [7, 11) is 0. The number of rotatable bonds is 7. The number of carbonyl (C=O) groups is 2. The number of hydrogen-bond donors (Lipinski definition) is 1. The van der Waals surface area contributed by atoms with Crippen LogP contribution in [0.25, 0.3) is 0 Å². The van der Waals surface area contributed by atoms with E-state index >= 15 is 0 Å². The summed E-state index contributed by atoms with van der Waals surface area (Å²) in [6, 6.07) is 13.1. The SMILES string of the molecule is CCOC(=O)CS[C@@H](C(=O)Nc1cccc(C(F)(F)F)c1)c1ccccc1. The fraction of sp³-hybridized carbons (Fsp3) is 0.263. The van der Waals surface area contributed by atoms with E-state index in [1.165, 1.54) is 12.1 Å². The summed E-state index contributed by atoms with van der Waals surface area (Å²) < 4.78 is 43.4. The molecule has 1 amide bonds. The fourth-order valence-electron chi connectivity index (χ4n) is 2.29. The second kappa shape index (κ2) is 9.45. The zero-order chi connectivity index (χ0) is 19.9. The van der Waals surface area contributed by atoms with E-state index in [4.69, 9.17) is 4.74 Å². The molecule has 0 spiro atoms. The maximum Gasteiger partial charge on any atom is 0.416 e. The first-order valence-electron chi connectivity index (χ1n) is 8.11. The third kappa shape index (κ3) is 6.32. The van der Waals surface area contributed by atoms with Crippen molar-refractivity contribution in [1.82, 2.24) is 0 Å². The van der Waals surface area contributed by atoms with E-state index in [2.05, 4.69) is 5.32 Å². The molecule has 0 aromatic heterocycles. The van der Waals surface area contributed by atoms with Gasteiger partial charge in [0.15, 0.2) is 0 Å². The Morgan fingerprint density at radius 3 is 2.44 bits per heavy atom. The van der Waals surface area contributed by atoms with Crippen molar-refractivity contribution in [2.45, 2.75) is 18.3 Å². The molecule has 0 aliphatic carbocycles. The molecule has 0 bridgehead atoms. The van der Waals surface area contributed by atoms with Crippen molar-refractivity contribution in [1.29, 1.82) is 0 Å². The second-order valence-electron chi connectivity index (χ2n) is 5.47. The highest BCUT2D eigenvalue weighted by atomic mass is 32.2. The molecule has 2 aromatic rings. The molecule has 0 unspecified atom stereocenters. The Morgan fingerprint density at radius 1 is 1.11 bits per heavy atom. The Balaban J connectivity index is 2.17. The van der Waals surface area contributed by atoms with Crippen LogP contribution >= 0.6 is 11.8 Å². The molecule has 0 aliphatic rings. The van der Waals surface area contributed by atoms with E-state index in [9.17, 15) is 22.8 Å². The highest BCUT2D eigenvalue weighted by molar-refractivity contribution is 8.00. The second-order valence-corrected chi connectivity index (χ2v) is 6.57. The summed E-state index contributed by atoms with van der Waals surface area (Å²) in [6.07, 6.45) is -4.50. The summed E-state index contributed by atoms with van der Waals surface area (Å²) in [5.41, 5.74) is -0.181. The lowest BCUT2D eigenvalue weighted by molar-refractivity contribution is -0.140. The van der Waals surface area contributed by atoms with E-state index in [0.29, 0.717) is 5.56 Å². The van der Waals surface area contributed by atoms with Gasteiger partial charge in [0.05, 0.1) is 17.9 Å². The maximum absolute atomic E-state index is 12.8. The number of anilines is 1. The van der Waals surface area contributed by atoms with Crippen LogP contribution in [0.1, 0.15) is 23.3 Å². The number of ether oxygens (including phenoxy) is 1. The Bertz CT molecular complexity index is 781. The molecule has 2 rings (SSSR count). The number of benzene rings is 2. The van der Waals surface area contributed by atoms with E-state index in [1.54, 1.807) is 37.3 Å². The van der Waals surface area contributed by atoms with Crippen molar-refractivity contribution < 1.29 is 27.5 Å². The Kier molecular flexibility index (Phi) is 7.29. The molecule has 0 radical (unpaired) electrons. The molecule has 2 aromatic carbocycles. The number of carbonyl (C=O) groups excluding carboxylic acids is 2. The minimum atomic E-state index is -4.50. The molecule has 1 N–H and O–H groups in total. The lowest BCUT2D eigenvalue weighted by Gasteiger charge is -2.17. The Morgan fingerprint density at radius 2 is 1.81 bits per heavy atom. The van der Waals surface area contributed by atoms with Gasteiger partial charge in [-0.1, -0.05) is 36.4 Å². The number of nitrogens with one attached hydrogen (secondary N) is 1. The standard InChI is InChI=1S/C19H18F3NO3S/c1-2-26-16(24)12-27-17(13-7-4-3-5-8-13)18(25)23-15-10-6-9-14(11-15)19(20,21)22/h3-11,17H,2,12H2,1H3,(H,23,25)/t17-/m1/s1. The van der Waals surface area contributed by atoms with Crippen molar-refractivity contribution in [3.63, 3.8) is 0 Å². The maximum atomic E-state index is 12.8. The Hall–Kier alpha value is -2.48. The van der Waals surface area contributed by atoms with E-state index in [0.717, 1.165) is 23.9 Å². The topological polar surface area (TPSA) is 55.4 Å². The van der Waals surface area contributed by atoms with Crippen molar-refractivity contribution in [2.75, 3.05) is 17.7 Å². The molecular weight excluding hydrogens is 379 g/mol. The number of hydrogen-bond acceptors (Lipinski definition) is 4. The van der Waals surface area contributed by atoms with Crippen molar-refractivity contribution >= 4 is 29.3 Å². The first-order chi connectivity index (χ1) is 12.8. The molecule has 0 heterocycles. The van der Waals surface area contributed by atoms with E-state index in [-0.39, 0.29) is 18.0 Å². The summed E-state index contributed by atoms with van der Waals surface area (Å²) in [5.74, 6) is -1.03. The molecule has 27 heavy (non-hydrogen) atoms. The third-order valence-corrected chi connectivity index (χ3v) is 4.69. The van der Waals surface area contributed by atoms with Gasteiger partial charge in [0.25, 0.3) is 0 Å². The summed E-state index contributed by atoms with van der Waals surface area (Å²) in [4.78, 5) is 24.3. The first kappa shape index (κ1) is 20.8. The molecule has 0 fully saturated rings. The number of esters is 1. The molecule has 4 nitrogen and oxygen atoms in total. The van der Waals surface area contributed by atoms with Crippen LogP contribution in [0.15, 0.2) is 54.6 Å². The largest absolute Gasteiger partial charge is 0.465 e. The quantitative estimate of drug-likeness (QED) is 0.689. The fourth-order valence-corrected chi connectivity index (χ4v) is 3.23. The molecule has 8 heteroatoms. The molecule has 0 saturated heterocycles. The van der Waals surface area contributed by atoms with Gasteiger partial charge >= 0.3 is 12.1 Å². The molecule has 0 saturated carbocycles. The van der Waals surface area contributed by atoms with Gasteiger partial charge in [0.1, 0.15) is 5.25 Å². The highest BCUT2D eigenvalue weighted by Crippen LogP contribution is 2.33. The Labute approximate surface area is 159 Å². The lowest BCUT2D eigenvalue weighted by atomic mass is 10.1. The van der Waals surface area contributed by atoms with Crippen molar-refractivity contribution in [3.8, 4) is 0 Å². The summed E-state index contributed by atoms with van der Waals surface area (Å²) in [6.45, 7) is 1.91. The minimum Gasteiger partial charge on any atom is -0.465 e. The number of halogens is 3. The number of thioether (sulfide) groups is 1. The monoisotopic (exact) mass is 397 g/mol. The predicted octanol–water partition coefficient (Wildman–Crippen LogP) is 4.68. The highest BCUT2D eigenvalue weighted by Gasteiger charge is 2.31. The minimum absolute atomic E-state index is 0.0347. The average molecular weight is 397 g/mol. The van der Waals surface area contributed by atoms with Gasteiger partial charge in [-0.05, 0) is 30.7 Å². The van der Waals surface area contributed by atoms with E-state index in [1.807, 2.05) is 0 Å². The third-order valence-electron chi connectivity index (χ3n) is 3.47. The van der Waals surface area contributed by atoms with Crippen LogP contribution in [0.4, 0.5) is 18.9 Å². The van der Waals surface area contributed by atoms with Crippen molar-refractivity contribution in [3.05, 3.63) is 65.7 Å². The van der Waals surface area contributed by atoms with Gasteiger partial charge in [0, 0.05) is 5.69 Å². The van der Waals surface area contributed by atoms with Gasteiger partial charge in [-0.15, -0.1) is 11.8 Å². The number of alkyl halides is 3. The molecule has 144 valence electrons. The first-order valence-corrected chi connectivity index (χ1v) is 9.16. The van der Waals surface area contributed by atoms with Crippen LogP contribution in [0.2, 0.25) is 0 Å². The summed E-state index contributed by atoms with van der Waals surface area (Å²) in [5, 5.41) is 1.72. The van der Waals surface area contributed by atoms with Gasteiger partial charge in [0.2, 0.25) is 5.91 Å². The molecule has 0 aliphatic heterocycles. The number of amides is 1. The van der Waals surface area contributed by atoms with Crippen LogP contribution in [0.3, 0.4) is 0 Å². The van der Waals surface area contributed by atoms with Gasteiger partial charge < -0.3 is 10.1 Å². The normalized spacial score (nSPS) is 12.3. The molecular formula is C19H18F3NO3S. The van der Waals surface area contributed by atoms with Crippen molar-refractivity contribution in [2.24, 2.45) is 0 Å². The van der Waals surface area contributed by atoms with Crippen LogP contribution in [0.5, 0.6) is 0 Å². The zero-order valence-electron chi connectivity index (χ0n) is 14.5. The van der Waals surface area contributed by atoms with Crippen LogP contribution < -0.4 is 5.32 Å². The van der Waals surface area contributed by atoms with Gasteiger partial charge in [-0.3, -0.25) is 9.59 Å². The van der Waals surface area contributed by atoms with E-state index < -0.39 is 28.9 Å². The summed E-state index contributed by atoms with van der Waals surface area (Å²) >= 11 is 1.05. The smallest absolute Gasteiger partial charge is 0.416 e. The average Bonchev–Trinajstić information content (AvgIpc) is 2.62.